The number of hydrogen-bond donors (Lipinski definition) is 0. The Balaban J connectivity index is 0. The molecule has 0 fully saturated rings. The summed E-state index contributed by atoms with van der Waals surface area (Å²) in [4.78, 5) is 0. The molecule has 0 aliphatic heterocycles. The first kappa shape index (κ1) is 22.2. The van der Waals surface area contributed by atoms with Crippen molar-refractivity contribution in [3.63, 3.8) is 0 Å². The molecule has 0 atom stereocenters. The van der Waals surface area contributed by atoms with Crippen molar-refractivity contribution in [2.45, 2.75) is 106 Å². The predicted octanol–water partition coefficient (Wildman–Crippen LogP) is 7.00. The average molecular weight is 287 g/mol. The van der Waals surface area contributed by atoms with Gasteiger partial charge in [-0.25, -0.2) is 0 Å². The standard InChI is InChI=1S/C18H38O.CH4/c1-5-6-7-8-9-10-11-12-13-14-16-19-17-15-18(2,3)4;/h5-17H2,1-4H3;1H4. The van der Waals surface area contributed by atoms with Crippen LogP contribution in [0.2, 0.25) is 0 Å². The third kappa shape index (κ3) is 20.3. The van der Waals surface area contributed by atoms with E-state index in [0.29, 0.717) is 5.41 Å². The van der Waals surface area contributed by atoms with E-state index in [1.165, 1.54) is 70.6 Å². The van der Waals surface area contributed by atoms with Crippen molar-refractivity contribution in [1.82, 2.24) is 0 Å². The molecule has 0 rings (SSSR count). The summed E-state index contributed by atoms with van der Waals surface area (Å²) < 4.78 is 5.68. The van der Waals surface area contributed by atoms with Gasteiger partial charge in [0.15, 0.2) is 0 Å². The van der Waals surface area contributed by atoms with Gasteiger partial charge in [0.25, 0.3) is 0 Å². The molecule has 124 valence electrons. The Morgan fingerprint density at radius 2 is 1.10 bits per heavy atom. The van der Waals surface area contributed by atoms with Crippen LogP contribution in [0.4, 0.5) is 0 Å². The van der Waals surface area contributed by atoms with Crippen LogP contribution in [0, 0.1) is 5.41 Å². The van der Waals surface area contributed by atoms with Crippen LogP contribution in [0.25, 0.3) is 0 Å². The normalized spacial score (nSPS) is 11.4. The lowest BCUT2D eigenvalue weighted by molar-refractivity contribution is 0.105. The van der Waals surface area contributed by atoms with E-state index in [0.717, 1.165) is 13.2 Å². The van der Waals surface area contributed by atoms with Crippen LogP contribution in [0.3, 0.4) is 0 Å². The SMILES string of the molecule is C.CCCCCCCCCCCCOCCC(C)(C)C. The molecule has 1 nitrogen and oxygen atoms in total. The lowest BCUT2D eigenvalue weighted by Gasteiger charge is -2.17. The minimum Gasteiger partial charge on any atom is -0.381 e. The van der Waals surface area contributed by atoms with Crippen LogP contribution in [0.5, 0.6) is 0 Å². The minimum atomic E-state index is 0. The van der Waals surface area contributed by atoms with E-state index in [4.69, 9.17) is 4.74 Å². The smallest absolute Gasteiger partial charge is 0.0471 e. The quantitative estimate of drug-likeness (QED) is 0.331. The summed E-state index contributed by atoms with van der Waals surface area (Å²) in [6.07, 6.45) is 15.2. The molecule has 0 bridgehead atoms. The van der Waals surface area contributed by atoms with Gasteiger partial charge in [-0.1, -0.05) is 92.9 Å². The molecule has 0 aromatic carbocycles. The zero-order chi connectivity index (χ0) is 14.4. The van der Waals surface area contributed by atoms with Crippen LogP contribution >= 0.6 is 0 Å². The van der Waals surface area contributed by atoms with Gasteiger partial charge in [0.2, 0.25) is 0 Å². The van der Waals surface area contributed by atoms with E-state index in [-0.39, 0.29) is 7.43 Å². The summed E-state index contributed by atoms with van der Waals surface area (Å²) in [6.45, 7) is 11.0. The Morgan fingerprint density at radius 1 is 0.650 bits per heavy atom. The lowest BCUT2D eigenvalue weighted by atomic mass is 9.93. The molecular formula is C19H42O. The van der Waals surface area contributed by atoms with Gasteiger partial charge in [0, 0.05) is 13.2 Å². The molecule has 0 unspecified atom stereocenters. The Labute approximate surface area is 129 Å². The molecule has 0 N–H and O–H groups in total. The number of rotatable bonds is 13. The zero-order valence-corrected chi connectivity index (χ0v) is 14.1. The number of unbranched alkanes of at least 4 members (excludes halogenated alkanes) is 9. The fourth-order valence-corrected chi connectivity index (χ4v) is 2.17. The van der Waals surface area contributed by atoms with Crippen molar-refractivity contribution in [2.75, 3.05) is 13.2 Å². The number of hydrogen-bond acceptors (Lipinski definition) is 1. The number of ether oxygens (including phenoxy) is 1. The second kappa shape index (κ2) is 15.4. The minimum absolute atomic E-state index is 0. The van der Waals surface area contributed by atoms with E-state index in [1.807, 2.05) is 0 Å². The summed E-state index contributed by atoms with van der Waals surface area (Å²) >= 11 is 0. The third-order valence-corrected chi connectivity index (χ3v) is 3.64. The maximum Gasteiger partial charge on any atom is 0.0471 e. The summed E-state index contributed by atoms with van der Waals surface area (Å²) in [6, 6.07) is 0. The molecule has 0 aliphatic carbocycles. The summed E-state index contributed by atoms with van der Waals surface area (Å²) in [7, 11) is 0. The Bertz CT molecular complexity index is 169. The maximum atomic E-state index is 5.68. The molecule has 20 heavy (non-hydrogen) atoms. The first-order chi connectivity index (χ1) is 9.06. The fourth-order valence-electron chi connectivity index (χ4n) is 2.17. The van der Waals surface area contributed by atoms with Crippen molar-refractivity contribution < 1.29 is 4.74 Å². The second-order valence-corrected chi connectivity index (χ2v) is 7.11. The van der Waals surface area contributed by atoms with Crippen molar-refractivity contribution in [3.05, 3.63) is 0 Å². The monoisotopic (exact) mass is 286 g/mol. The summed E-state index contributed by atoms with van der Waals surface area (Å²) in [5.41, 5.74) is 0.414. The molecule has 0 saturated carbocycles. The van der Waals surface area contributed by atoms with E-state index < -0.39 is 0 Å². The average Bonchev–Trinajstić information content (AvgIpc) is 2.34. The predicted molar refractivity (Wildman–Crippen MR) is 93.5 cm³/mol. The van der Waals surface area contributed by atoms with E-state index in [9.17, 15) is 0 Å². The van der Waals surface area contributed by atoms with Crippen molar-refractivity contribution in [2.24, 2.45) is 5.41 Å². The van der Waals surface area contributed by atoms with Gasteiger partial charge in [-0.2, -0.15) is 0 Å². The van der Waals surface area contributed by atoms with Gasteiger partial charge in [-0.15, -0.1) is 0 Å². The lowest BCUT2D eigenvalue weighted by Crippen LogP contribution is -2.09. The van der Waals surface area contributed by atoms with E-state index in [2.05, 4.69) is 27.7 Å². The van der Waals surface area contributed by atoms with Gasteiger partial charge >= 0.3 is 0 Å². The van der Waals surface area contributed by atoms with Crippen molar-refractivity contribution in [1.29, 1.82) is 0 Å². The van der Waals surface area contributed by atoms with Crippen molar-refractivity contribution in [3.8, 4) is 0 Å². The highest BCUT2D eigenvalue weighted by Crippen LogP contribution is 2.18. The highest BCUT2D eigenvalue weighted by atomic mass is 16.5. The van der Waals surface area contributed by atoms with E-state index in [1.54, 1.807) is 0 Å². The van der Waals surface area contributed by atoms with E-state index >= 15 is 0 Å². The van der Waals surface area contributed by atoms with Gasteiger partial charge in [-0.3, -0.25) is 0 Å². The Morgan fingerprint density at radius 3 is 1.55 bits per heavy atom. The zero-order valence-electron chi connectivity index (χ0n) is 14.1. The molecular weight excluding hydrogens is 244 g/mol. The first-order valence-electron chi connectivity index (χ1n) is 8.64. The van der Waals surface area contributed by atoms with Crippen molar-refractivity contribution >= 4 is 0 Å². The highest BCUT2D eigenvalue weighted by molar-refractivity contribution is 4.59. The largest absolute Gasteiger partial charge is 0.381 e. The Hall–Kier alpha value is -0.0400. The summed E-state index contributed by atoms with van der Waals surface area (Å²) in [5.74, 6) is 0. The van der Waals surface area contributed by atoms with Gasteiger partial charge in [-0.05, 0) is 18.3 Å². The summed E-state index contributed by atoms with van der Waals surface area (Å²) in [5, 5.41) is 0. The fraction of sp³-hybridized carbons (Fsp3) is 1.00. The molecule has 0 aromatic heterocycles. The second-order valence-electron chi connectivity index (χ2n) is 7.11. The molecule has 0 aromatic rings. The Kier molecular flexibility index (Phi) is 17.1. The van der Waals surface area contributed by atoms with Crippen LogP contribution in [0.1, 0.15) is 106 Å². The molecule has 0 spiro atoms. The highest BCUT2D eigenvalue weighted by Gasteiger charge is 2.08. The van der Waals surface area contributed by atoms with Crippen LogP contribution in [-0.2, 0) is 4.74 Å². The molecule has 0 heterocycles. The van der Waals surface area contributed by atoms with Gasteiger partial charge in [0.1, 0.15) is 0 Å². The molecule has 0 aliphatic rings. The van der Waals surface area contributed by atoms with Gasteiger partial charge in [0.05, 0.1) is 0 Å². The van der Waals surface area contributed by atoms with Crippen LogP contribution in [0.15, 0.2) is 0 Å². The third-order valence-electron chi connectivity index (χ3n) is 3.64. The van der Waals surface area contributed by atoms with Crippen LogP contribution in [-0.4, -0.2) is 13.2 Å². The molecule has 1 heteroatoms. The first-order valence-corrected chi connectivity index (χ1v) is 8.64. The molecule has 0 saturated heterocycles. The molecule has 0 radical (unpaired) electrons. The van der Waals surface area contributed by atoms with Gasteiger partial charge < -0.3 is 4.74 Å². The molecule has 0 amide bonds. The van der Waals surface area contributed by atoms with Crippen LogP contribution < -0.4 is 0 Å². The maximum absolute atomic E-state index is 5.68. The topological polar surface area (TPSA) is 9.23 Å².